The van der Waals surface area contributed by atoms with Crippen molar-refractivity contribution in [2.75, 3.05) is 25.4 Å². The van der Waals surface area contributed by atoms with Gasteiger partial charge in [0.25, 0.3) is 0 Å². The minimum absolute atomic E-state index is 0.0170. The molecule has 1 heterocycles. The number of benzene rings is 1. The number of sulfonamides is 1. The van der Waals surface area contributed by atoms with Crippen LogP contribution in [0.4, 0.5) is 5.69 Å². The van der Waals surface area contributed by atoms with Crippen LogP contribution >= 0.6 is 11.6 Å². The number of carbonyl (C=O) groups is 1. The molecule has 20 heavy (non-hydrogen) atoms. The number of nitrogens with two attached hydrogens (primary N) is 1. The summed E-state index contributed by atoms with van der Waals surface area (Å²) in [4.78, 5) is 11.3. The lowest BCUT2D eigenvalue weighted by Gasteiger charge is -2.20. The third-order valence-corrected chi connectivity index (χ3v) is 5.57. The summed E-state index contributed by atoms with van der Waals surface area (Å²) >= 11 is 6.03. The smallest absolute Gasteiger partial charge is 0.244 e. The number of halogens is 1. The minimum Gasteiger partial charge on any atom is -0.398 e. The average molecular weight is 318 g/mol. The number of hydrogen-bond acceptors (Lipinski definition) is 4. The van der Waals surface area contributed by atoms with Crippen LogP contribution in [0.5, 0.6) is 0 Å². The number of hydrogen-bond donors (Lipinski definition) is 2. The number of amides is 1. The zero-order valence-corrected chi connectivity index (χ0v) is 12.6. The van der Waals surface area contributed by atoms with Crippen LogP contribution in [0.1, 0.15) is 12.0 Å². The highest BCUT2D eigenvalue weighted by Gasteiger charge is 2.29. The maximum atomic E-state index is 12.6. The van der Waals surface area contributed by atoms with Crippen LogP contribution in [0, 0.1) is 6.92 Å². The molecular weight excluding hydrogens is 302 g/mol. The second kappa shape index (κ2) is 5.59. The Morgan fingerprint density at radius 1 is 1.35 bits per heavy atom. The second-order valence-electron chi connectivity index (χ2n) is 4.64. The summed E-state index contributed by atoms with van der Waals surface area (Å²) in [6.45, 7) is 2.40. The van der Waals surface area contributed by atoms with E-state index in [9.17, 15) is 13.2 Å². The molecule has 0 bridgehead atoms. The fourth-order valence-electron chi connectivity index (χ4n) is 1.99. The van der Waals surface area contributed by atoms with E-state index < -0.39 is 10.0 Å². The molecule has 1 aliphatic rings. The lowest BCUT2D eigenvalue weighted by Crippen LogP contribution is -2.34. The normalized spacial score (nSPS) is 17.6. The second-order valence-corrected chi connectivity index (χ2v) is 6.96. The van der Waals surface area contributed by atoms with Crippen LogP contribution in [0.3, 0.4) is 0 Å². The first-order valence-electron chi connectivity index (χ1n) is 6.15. The number of aryl methyl sites for hydroxylation is 1. The molecule has 1 fully saturated rings. The Morgan fingerprint density at radius 3 is 2.75 bits per heavy atom. The highest BCUT2D eigenvalue weighted by atomic mass is 35.5. The largest absolute Gasteiger partial charge is 0.398 e. The topological polar surface area (TPSA) is 92.5 Å². The summed E-state index contributed by atoms with van der Waals surface area (Å²) in [7, 11) is -3.75. The van der Waals surface area contributed by atoms with Gasteiger partial charge in [-0.1, -0.05) is 11.6 Å². The van der Waals surface area contributed by atoms with Gasteiger partial charge >= 0.3 is 0 Å². The molecule has 0 atom stereocenters. The number of rotatable bonds is 2. The van der Waals surface area contributed by atoms with Gasteiger partial charge in [-0.25, -0.2) is 8.42 Å². The van der Waals surface area contributed by atoms with Gasteiger partial charge in [-0.3, -0.25) is 4.79 Å². The highest BCUT2D eigenvalue weighted by Crippen LogP contribution is 2.29. The molecular formula is C12H16ClN3O3S. The Morgan fingerprint density at radius 2 is 2.05 bits per heavy atom. The van der Waals surface area contributed by atoms with Gasteiger partial charge in [-0.05, 0) is 24.6 Å². The Bertz CT molecular complexity index is 646. The first kappa shape index (κ1) is 15.1. The van der Waals surface area contributed by atoms with Crippen molar-refractivity contribution in [1.29, 1.82) is 0 Å². The Balaban J connectivity index is 2.39. The van der Waals surface area contributed by atoms with Crippen molar-refractivity contribution < 1.29 is 13.2 Å². The Labute approximate surface area is 122 Å². The molecule has 0 radical (unpaired) electrons. The van der Waals surface area contributed by atoms with Gasteiger partial charge in [0, 0.05) is 31.7 Å². The van der Waals surface area contributed by atoms with E-state index in [0.29, 0.717) is 5.69 Å². The predicted molar refractivity (Wildman–Crippen MR) is 77.0 cm³/mol. The first-order chi connectivity index (χ1) is 9.32. The molecule has 1 saturated heterocycles. The SMILES string of the molecule is Cc1cc(Cl)c(S(=O)(=O)N2CCNC(=O)CC2)cc1N. The van der Waals surface area contributed by atoms with Crippen molar-refractivity contribution in [3.63, 3.8) is 0 Å². The molecule has 1 aliphatic heterocycles. The molecule has 6 nitrogen and oxygen atoms in total. The van der Waals surface area contributed by atoms with E-state index in [-0.39, 0.29) is 41.9 Å². The molecule has 1 aromatic carbocycles. The van der Waals surface area contributed by atoms with E-state index in [4.69, 9.17) is 17.3 Å². The zero-order valence-electron chi connectivity index (χ0n) is 11.0. The van der Waals surface area contributed by atoms with Crippen LogP contribution in [0.15, 0.2) is 17.0 Å². The number of anilines is 1. The van der Waals surface area contributed by atoms with Gasteiger partial charge in [0.05, 0.1) is 5.02 Å². The van der Waals surface area contributed by atoms with Gasteiger partial charge < -0.3 is 11.1 Å². The molecule has 0 aliphatic carbocycles. The molecule has 8 heteroatoms. The number of carbonyl (C=O) groups excluding carboxylic acids is 1. The van der Waals surface area contributed by atoms with Crippen molar-refractivity contribution in [3.8, 4) is 0 Å². The van der Waals surface area contributed by atoms with E-state index >= 15 is 0 Å². The first-order valence-corrected chi connectivity index (χ1v) is 7.96. The van der Waals surface area contributed by atoms with E-state index in [1.807, 2.05) is 0 Å². The lowest BCUT2D eigenvalue weighted by atomic mass is 10.2. The quantitative estimate of drug-likeness (QED) is 0.787. The van der Waals surface area contributed by atoms with Gasteiger partial charge in [-0.15, -0.1) is 0 Å². The Kier molecular flexibility index (Phi) is 4.22. The summed E-state index contributed by atoms with van der Waals surface area (Å²) in [6, 6.07) is 2.90. The molecule has 0 unspecified atom stereocenters. The molecule has 2 rings (SSSR count). The lowest BCUT2D eigenvalue weighted by molar-refractivity contribution is -0.120. The van der Waals surface area contributed by atoms with Gasteiger partial charge in [0.15, 0.2) is 0 Å². The van der Waals surface area contributed by atoms with E-state index in [1.165, 1.54) is 16.4 Å². The maximum Gasteiger partial charge on any atom is 0.244 e. The molecule has 3 N–H and O–H groups in total. The van der Waals surface area contributed by atoms with E-state index in [1.54, 1.807) is 6.92 Å². The van der Waals surface area contributed by atoms with Crippen molar-refractivity contribution in [2.24, 2.45) is 0 Å². The third kappa shape index (κ3) is 2.89. The summed E-state index contributed by atoms with van der Waals surface area (Å²) in [6.07, 6.45) is 0.137. The van der Waals surface area contributed by atoms with E-state index in [2.05, 4.69) is 5.32 Å². The molecule has 1 amide bonds. The highest BCUT2D eigenvalue weighted by molar-refractivity contribution is 7.89. The standard InChI is InChI=1S/C12H16ClN3O3S/c1-8-6-9(13)11(7-10(8)14)20(18,19)16-4-2-12(17)15-3-5-16/h6-7H,2-5,14H2,1H3,(H,15,17). The summed E-state index contributed by atoms with van der Waals surface area (Å²) < 4.78 is 26.4. The number of nitrogens with one attached hydrogen (secondary N) is 1. The predicted octanol–water partition coefficient (Wildman–Crippen LogP) is 0.741. The van der Waals surface area contributed by atoms with Gasteiger partial charge in [0.2, 0.25) is 15.9 Å². The molecule has 110 valence electrons. The minimum atomic E-state index is -3.75. The fourth-order valence-corrected chi connectivity index (χ4v) is 4.03. The monoisotopic (exact) mass is 317 g/mol. The van der Waals surface area contributed by atoms with Gasteiger partial charge in [0.1, 0.15) is 4.90 Å². The molecule has 1 aromatic rings. The van der Waals surface area contributed by atoms with Crippen molar-refractivity contribution in [3.05, 3.63) is 22.7 Å². The third-order valence-electron chi connectivity index (χ3n) is 3.21. The van der Waals surface area contributed by atoms with Crippen LogP contribution in [-0.4, -0.2) is 38.3 Å². The molecule has 0 saturated carbocycles. The molecule has 0 aromatic heterocycles. The van der Waals surface area contributed by atoms with E-state index in [0.717, 1.165) is 5.56 Å². The number of nitrogen functional groups attached to an aromatic ring is 1. The summed E-state index contributed by atoms with van der Waals surface area (Å²) in [5, 5.41) is 2.77. The average Bonchev–Trinajstić information content (AvgIpc) is 2.59. The van der Waals surface area contributed by atoms with Crippen LogP contribution in [0.25, 0.3) is 0 Å². The summed E-state index contributed by atoms with van der Waals surface area (Å²) in [5.74, 6) is -0.155. The van der Waals surface area contributed by atoms with Crippen LogP contribution in [-0.2, 0) is 14.8 Å². The fraction of sp³-hybridized carbons (Fsp3) is 0.417. The Hall–Kier alpha value is -1.31. The van der Waals surface area contributed by atoms with Crippen molar-refractivity contribution >= 4 is 33.2 Å². The zero-order chi connectivity index (χ0) is 14.9. The van der Waals surface area contributed by atoms with Crippen molar-refractivity contribution in [1.82, 2.24) is 9.62 Å². The van der Waals surface area contributed by atoms with Crippen molar-refractivity contribution in [2.45, 2.75) is 18.2 Å². The maximum absolute atomic E-state index is 12.6. The van der Waals surface area contributed by atoms with Crippen LogP contribution in [0.2, 0.25) is 5.02 Å². The summed E-state index contributed by atoms with van der Waals surface area (Å²) in [5.41, 5.74) is 6.86. The molecule has 0 spiro atoms. The van der Waals surface area contributed by atoms with Gasteiger partial charge in [-0.2, -0.15) is 4.31 Å². The van der Waals surface area contributed by atoms with Crippen LogP contribution < -0.4 is 11.1 Å². The number of nitrogens with zero attached hydrogens (tertiary/aromatic N) is 1.